The molecule has 0 saturated carbocycles. The molecule has 0 amide bonds. The van der Waals surface area contributed by atoms with Gasteiger partial charge in [0.15, 0.2) is 5.82 Å². The number of fused-ring (bicyclic) bond motifs is 3. The quantitative estimate of drug-likeness (QED) is 0.359. The number of ether oxygens (including phenoxy) is 2. The number of halogens is 2. The van der Waals surface area contributed by atoms with Crippen molar-refractivity contribution >= 4 is 27.5 Å². The standard InChI is InChI=1S/C32H32F2N6O2/c1-2-20-6-3-7-21-8-4-9-24(26(20)21)28-27(34)29-25(15-36-28)30(39-12-13-41-18-23(35)17-39)38-31(37-29)42-19-32-10-5-11-40(32)16-22(33)14-32/h1,3-4,6-9,15,22-23H,5,10-14,16-19,35H2/t22-,23+,32+/m1/s1. The fourth-order valence-corrected chi connectivity index (χ4v) is 6.85. The summed E-state index contributed by atoms with van der Waals surface area (Å²) in [6.45, 7) is 3.32. The number of benzene rings is 2. The molecule has 10 heteroatoms. The van der Waals surface area contributed by atoms with Gasteiger partial charge in [0.25, 0.3) is 0 Å². The molecule has 3 fully saturated rings. The largest absolute Gasteiger partial charge is 0.461 e. The molecule has 0 unspecified atom stereocenters. The van der Waals surface area contributed by atoms with Crippen molar-refractivity contribution in [2.75, 3.05) is 50.9 Å². The van der Waals surface area contributed by atoms with E-state index < -0.39 is 17.5 Å². The van der Waals surface area contributed by atoms with Crippen LogP contribution in [0.3, 0.4) is 0 Å². The van der Waals surface area contributed by atoms with E-state index in [1.54, 1.807) is 6.20 Å². The van der Waals surface area contributed by atoms with Gasteiger partial charge in [0.2, 0.25) is 0 Å². The Morgan fingerprint density at radius 2 is 2.02 bits per heavy atom. The predicted molar refractivity (Wildman–Crippen MR) is 158 cm³/mol. The third kappa shape index (κ3) is 4.62. The predicted octanol–water partition coefficient (Wildman–Crippen LogP) is 4.08. The van der Waals surface area contributed by atoms with Gasteiger partial charge in [0.05, 0.1) is 24.1 Å². The van der Waals surface area contributed by atoms with Crippen LogP contribution in [0.25, 0.3) is 32.9 Å². The molecular weight excluding hydrogens is 538 g/mol. The van der Waals surface area contributed by atoms with Gasteiger partial charge in [0.1, 0.15) is 29.8 Å². The van der Waals surface area contributed by atoms with E-state index in [2.05, 4.69) is 20.8 Å². The topological polar surface area (TPSA) is 89.6 Å². The Morgan fingerprint density at radius 3 is 2.88 bits per heavy atom. The SMILES string of the molecule is C#Cc1cccc2cccc(-c3ncc4c(N5CCOC[C@@H](N)C5)nc(OC[C@@]56CCCN5C[C@H](F)C6)nc4c3F)c12. The van der Waals surface area contributed by atoms with Gasteiger partial charge in [-0.3, -0.25) is 9.88 Å². The fraction of sp³-hybridized carbons (Fsp3) is 0.406. The van der Waals surface area contributed by atoms with Crippen LogP contribution < -0.4 is 15.4 Å². The molecule has 2 aromatic heterocycles. The van der Waals surface area contributed by atoms with Crippen LogP contribution in [0.15, 0.2) is 42.6 Å². The van der Waals surface area contributed by atoms with Gasteiger partial charge < -0.3 is 20.1 Å². The van der Waals surface area contributed by atoms with Crippen molar-refractivity contribution < 1.29 is 18.3 Å². The molecule has 0 spiro atoms. The molecule has 5 heterocycles. The smallest absolute Gasteiger partial charge is 0.319 e. The zero-order chi connectivity index (χ0) is 28.8. The molecule has 8 nitrogen and oxygen atoms in total. The number of terminal acetylenes is 1. The maximum absolute atomic E-state index is 16.6. The van der Waals surface area contributed by atoms with Gasteiger partial charge >= 0.3 is 6.01 Å². The first-order valence-electron chi connectivity index (χ1n) is 14.4. The molecule has 7 rings (SSSR count). The minimum atomic E-state index is -0.889. The summed E-state index contributed by atoms with van der Waals surface area (Å²) in [7, 11) is 0. The van der Waals surface area contributed by atoms with Gasteiger partial charge in [-0.05, 0) is 30.8 Å². The van der Waals surface area contributed by atoms with E-state index >= 15 is 4.39 Å². The maximum atomic E-state index is 16.6. The first-order chi connectivity index (χ1) is 20.5. The molecule has 0 bridgehead atoms. The van der Waals surface area contributed by atoms with E-state index in [-0.39, 0.29) is 29.9 Å². The van der Waals surface area contributed by atoms with Gasteiger partial charge in [-0.2, -0.15) is 9.97 Å². The first kappa shape index (κ1) is 27.0. The van der Waals surface area contributed by atoms with Gasteiger partial charge in [-0.15, -0.1) is 6.42 Å². The van der Waals surface area contributed by atoms with Gasteiger partial charge in [-0.1, -0.05) is 36.3 Å². The lowest BCUT2D eigenvalue weighted by molar-refractivity contribution is 0.107. The highest BCUT2D eigenvalue weighted by molar-refractivity contribution is 6.02. The Balaban J connectivity index is 1.36. The highest BCUT2D eigenvalue weighted by Gasteiger charge is 2.49. The normalized spacial score (nSPS) is 24.6. The van der Waals surface area contributed by atoms with E-state index in [1.807, 2.05) is 41.3 Å². The molecular formula is C32H32F2N6O2. The van der Waals surface area contributed by atoms with Crippen LogP contribution in [-0.2, 0) is 4.74 Å². The molecule has 2 N–H and O–H groups in total. The monoisotopic (exact) mass is 570 g/mol. The number of rotatable bonds is 5. The second-order valence-electron chi connectivity index (χ2n) is 11.5. The second-order valence-corrected chi connectivity index (χ2v) is 11.5. The Bertz CT molecular complexity index is 1710. The lowest BCUT2D eigenvalue weighted by atomic mass is 9.95. The molecule has 0 radical (unpaired) electrons. The molecule has 42 heavy (non-hydrogen) atoms. The molecule has 3 aliphatic rings. The van der Waals surface area contributed by atoms with Crippen LogP contribution in [-0.4, -0.2) is 83.6 Å². The molecule has 4 aromatic rings. The van der Waals surface area contributed by atoms with E-state index in [9.17, 15) is 4.39 Å². The van der Waals surface area contributed by atoms with Crippen LogP contribution >= 0.6 is 0 Å². The maximum Gasteiger partial charge on any atom is 0.319 e. The van der Waals surface area contributed by atoms with Crippen molar-refractivity contribution in [1.82, 2.24) is 19.9 Å². The summed E-state index contributed by atoms with van der Waals surface area (Å²) in [6.07, 6.45) is 8.76. The third-order valence-corrected chi connectivity index (χ3v) is 8.78. The number of hydrogen-bond acceptors (Lipinski definition) is 8. The van der Waals surface area contributed by atoms with E-state index in [1.165, 1.54) is 0 Å². The molecule has 3 aliphatic heterocycles. The molecule has 2 aromatic carbocycles. The van der Waals surface area contributed by atoms with Crippen molar-refractivity contribution in [3.63, 3.8) is 0 Å². The van der Waals surface area contributed by atoms with Gasteiger partial charge in [-0.25, -0.2) is 8.78 Å². The number of hydrogen-bond donors (Lipinski definition) is 1. The Morgan fingerprint density at radius 1 is 1.17 bits per heavy atom. The van der Waals surface area contributed by atoms with Crippen molar-refractivity contribution in [2.45, 2.75) is 37.0 Å². The number of anilines is 1. The summed E-state index contributed by atoms with van der Waals surface area (Å²) in [5.41, 5.74) is 7.34. The molecule has 216 valence electrons. The van der Waals surface area contributed by atoms with Crippen LogP contribution in [0.4, 0.5) is 14.6 Å². The number of nitrogens with zero attached hydrogens (tertiary/aromatic N) is 5. The van der Waals surface area contributed by atoms with Crippen LogP contribution in [0.1, 0.15) is 24.8 Å². The minimum absolute atomic E-state index is 0.0399. The average molecular weight is 571 g/mol. The molecule has 3 saturated heterocycles. The zero-order valence-corrected chi connectivity index (χ0v) is 23.2. The van der Waals surface area contributed by atoms with Gasteiger partial charge in [0, 0.05) is 54.8 Å². The Hall–Kier alpha value is -3.91. The second kappa shape index (κ2) is 10.7. The van der Waals surface area contributed by atoms with Crippen LogP contribution in [0, 0.1) is 18.2 Å². The average Bonchev–Trinajstić information content (AvgIpc) is 3.43. The summed E-state index contributed by atoms with van der Waals surface area (Å²) in [4.78, 5) is 18.1. The summed E-state index contributed by atoms with van der Waals surface area (Å²) >= 11 is 0. The van der Waals surface area contributed by atoms with Crippen LogP contribution in [0.2, 0.25) is 0 Å². The lowest BCUT2D eigenvalue weighted by Crippen LogP contribution is -2.43. The third-order valence-electron chi connectivity index (χ3n) is 8.78. The molecule has 0 aliphatic carbocycles. The number of nitrogens with two attached hydrogens (primary N) is 1. The van der Waals surface area contributed by atoms with E-state index in [0.717, 1.165) is 30.2 Å². The highest BCUT2D eigenvalue weighted by atomic mass is 19.1. The summed E-state index contributed by atoms with van der Waals surface area (Å²) in [6, 6.07) is 11.0. The number of alkyl halides is 1. The van der Waals surface area contributed by atoms with Crippen molar-refractivity contribution in [3.8, 4) is 29.6 Å². The number of pyridine rings is 1. The van der Waals surface area contributed by atoms with E-state index in [0.29, 0.717) is 61.6 Å². The first-order valence-corrected chi connectivity index (χ1v) is 14.4. The molecule has 3 atom stereocenters. The highest BCUT2D eigenvalue weighted by Crippen LogP contribution is 2.41. The summed E-state index contributed by atoms with van der Waals surface area (Å²) in [5, 5.41) is 2.08. The summed E-state index contributed by atoms with van der Waals surface area (Å²) < 4.78 is 42.9. The summed E-state index contributed by atoms with van der Waals surface area (Å²) in [5.74, 6) is 2.60. The van der Waals surface area contributed by atoms with E-state index in [4.69, 9.17) is 26.6 Å². The van der Waals surface area contributed by atoms with Crippen LogP contribution in [0.5, 0.6) is 6.01 Å². The van der Waals surface area contributed by atoms with Crippen molar-refractivity contribution in [2.24, 2.45) is 5.73 Å². The van der Waals surface area contributed by atoms with Crippen molar-refractivity contribution in [3.05, 3.63) is 54.0 Å². The number of aromatic nitrogens is 3. The Kier molecular flexibility index (Phi) is 6.89. The lowest BCUT2D eigenvalue weighted by Gasteiger charge is -2.31. The van der Waals surface area contributed by atoms with Crippen molar-refractivity contribution in [1.29, 1.82) is 0 Å². The zero-order valence-electron chi connectivity index (χ0n) is 23.2. The fourth-order valence-electron chi connectivity index (χ4n) is 6.85. The Labute approximate surface area is 242 Å². The minimum Gasteiger partial charge on any atom is -0.461 e.